The number of para-hydroxylation sites is 1. The van der Waals surface area contributed by atoms with Crippen LogP contribution in [0.25, 0.3) is 33.3 Å². The van der Waals surface area contributed by atoms with Crippen molar-refractivity contribution in [2.75, 3.05) is 33.4 Å². The summed E-state index contributed by atoms with van der Waals surface area (Å²) < 4.78 is 16.3. The first kappa shape index (κ1) is 22.6. The molecule has 0 bridgehead atoms. The van der Waals surface area contributed by atoms with E-state index in [1.165, 1.54) is 6.92 Å². The van der Waals surface area contributed by atoms with Gasteiger partial charge in [0.2, 0.25) is 0 Å². The first-order chi connectivity index (χ1) is 17.0. The SMILES string of the molecule is COc1ccccc1-c1c[nH]c2ncc(-c3ccc(OC(C)=O)c(C(=O)N4CCOCC4)c3)cc12. The van der Waals surface area contributed by atoms with Gasteiger partial charge in [-0.1, -0.05) is 24.3 Å². The van der Waals surface area contributed by atoms with Gasteiger partial charge in [-0.05, 0) is 29.8 Å². The molecule has 2 aromatic carbocycles. The lowest BCUT2D eigenvalue weighted by Gasteiger charge is -2.27. The number of carbonyl (C=O) groups excluding carboxylic acids is 2. The summed E-state index contributed by atoms with van der Waals surface area (Å²) in [6.07, 6.45) is 3.67. The lowest BCUT2D eigenvalue weighted by molar-refractivity contribution is -0.131. The number of H-pyrrole nitrogens is 1. The number of amides is 1. The number of hydrogen-bond donors (Lipinski definition) is 1. The average Bonchev–Trinajstić information content (AvgIpc) is 3.32. The summed E-state index contributed by atoms with van der Waals surface area (Å²) in [6.45, 7) is 3.26. The molecule has 1 fully saturated rings. The van der Waals surface area contributed by atoms with E-state index >= 15 is 0 Å². The average molecular weight is 472 g/mol. The Morgan fingerprint density at radius 1 is 1.00 bits per heavy atom. The smallest absolute Gasteiger partial charge is 0.308 e. The van der Waals surface area contributed by atoms with E-state index in [1.807, 2.05) is 42.6 Å². The summed E-state index contributed by atoms with van der Waals surface area (Å²) in [7, 11) is 1.65. The molecule has 1 amide bonds. The minimum atomic E-state index is -0.481. The van der Waals surface area contributed by atoms with E-state index in [-0.39, 0.29) is 11.7 Å². The summed E-state index contributed by atoms with van der Waals surface area (Å²) in [5, 5.41) is 0.928. The molecule has 8 heteroatoms. The minimum absolute atomic E-state index is 0.197. The molecule has 178 valence electrons. The molecule has 8 nitrogen and oxygen atoms in total. The van der Waals surface area contributed by atoms with Crippen molar-refractivity contribution in [2.45, 2.75) is 6.92 Å². The van der Waals surface area contributed by atoms with Crippen LogP contribution in [-0.4, -0.2) is 60.2 Å². The Kier molecular flexibility index (Phi) is 6.20. The maximum atomic E-state index is 13.3. The van der Waals surface area contributed by atoms with Crippen LogP contribution in [0.15, 0.2) is 60.9 Å². The molecule has 0 spiro atoms. The van der Waals surface area contributed by atoms with E-state index in [9.17, 15) is 9.59 Å². The summed E-state index contributed by atoms with van der Waals surface area (Å²) in [4.78, 5) is 34.5. The van der Waals surface area contributed by atoms with Gasteiger partial charge in [-0.3, -0.25) is 9.59 Å². The van der Waals surface area contributed by atoms with Gasteiger partial charge in [0.05, 0.1) is 25.9 Å². The van der Waals surface area contributed by atoms with Crippen molar-refractivity contribution in [1.82, 2.24) is 14.9 Å². The number of ether oxygens (including phenoxy) is 3. The predicted octanol–water partition coefficient (Wildman–Crippen LogP) is 4.30. The van der Waals surface area contributed by atoms with E-state index in [1.54, 1.807) is 30.3 Å². The molecule has 1 aliphatic rings. The number of aromatic amines is 1. The van der Waals surface area contributed by atoms with Gasteiger partial charge >= 0.3 is 5.97 Å². The molecule has 1 aliphatic heterocycles. The quantitative estimate of drug-likeness (QED) is 0.345. The summed E-state index contributed by atoms with van der Waals surface area (Å²) in [6, 6.07) is 15.1. The molecule has 4 aromatic rings. The fourth-order valence-corrected chi connectivity index (χ4v) is 4.31. The molecule has 0 atom stereocenters. The lowest BCUT2D eigenvalue weighted by atomic mass is 9.99. The highest BCUT2D eigenvalue weighted by Gasteiger charge is 2.23. The van der Waals surface area contributed by atoms with Crippen LogP contribution in [0.5, 0.6) is 11.5 Å². The zero-order valence-electron chi connectivity index (χ0n) is 19.5. The van der Waals surface area contributed by atoms with Gasteiger partial charge in [0.15, 0.2) is 0 Å². The molecule has 3 heterocycles. The van der Waals surface area contributed by atoms with Crippen molar-refractivity contribution in [1.29, 1.82) is 0 Å². The lowest BCUT2D eigenvalue weighted by Crippen LogP contribution is -2.40. The number of benzene rings is 2. The van der Waals surface area contributed by atoms with Crippen LogP contribution >= 0.6 is 0 Å². The van der Waals surface area contributed by atoms with Crippen molar-refractivity contribution >= 4 is 22.9 Å². The molecule has 0 radical (unpaired) electrons. The van der Waals surface area contributed by atoms with Gasteiger partial charge in [-0.25, -0.2) is 4.98 Å². The standard InChI is InChI=1S/C27H25N3O5/c1-17(31)35-25-8-7-18(13-22(25)27(32)30-9-11-34-12-10-30)19-14-21-23(16-29-26(21)28-15-19)20-5-3-4-6-24(20)33-2/h3-8,13-16H,9-12H2,1-2H3,(H,28,29). The number of pyridine rings is 1. The molecule has 1 saturated heterocycles. The summed E-state index contributed by atoms with van der Waals surface area (Å²) >= 11 is 0. The maximum absolute atomic E-state index is 13.3. The number of methoxy groups -OCH3 is 1. The number of aromatic nitrogens is 2. The topological polar surface area (TPSA) is 93.8 Å². The van der Waals surface area contributed by atoms with Gasteiger partial charge in [0, 0.05) is 54.5 Å². The van der Waals surface area contributed by atoms with Crippen LogP contribution in [-0.2, 0) is 9.53 Å². The van der Waals surface area contributed by atoms with Crippen LogP contribution in [0, 0.1) is 0 Å². The second kappa shape index (κ2) is 9.60. The molecule has 0 saturated carbocycles. The highest BCUT2D eigenvalue weighted by Crippen LogP contribution is 2.36. The fraction of sp³-hybridized carbons (Fsp3) is 0.222. The van der Waals surface area contributed by atoms with Crippen molar-refractivity contribution in [3.63, 3.8) is 0 Å². The van der Waals surface area contributed by atoms with E-state index in [0.29, 0.717) is 31.9 Å². The third-order valence-electron chi connectivity index (χ3n) is 6.02. The molecule has 1 N–H and O–H groups in total. The fourth-order valence-electron chi connectivity index (χ4n) is 4.31. The first-order valence-corrected chi connectivity index (χ1v) is 11.4. The zero-order chi connectivity index (χ0) is 24.4. The van der Waals surface area contributed by atoms with Gasteiger partial charge in [0.1, 0.15) is 17.1 Å². The Morgan fingerprint density at radius 3 is 2.57 bits per heavy atom. The van der Waals surface area contributed by atoms with Gasteiger partial charge < -0.3 is 24.1 Å². The van der Waals surface area contributed by atoms with Crippen molar-refractivity contribution in [2.24, 2.45) is 0 Å². The molecule has 0 aliphatic carbocycles. The highest BCUT2D eigenvalue weighted by atomic mass is 16.5. The number of nitrogens with one attached hydrogen (secondary N) is 1. The van der Waals surface area contributed by atoms with Crippen molar-refractivity contribution < 1.29 is 23.8 Å². The van der Waals surface area contributed by atoms with E-state index in [2.05, 4.69) is 9.97 Å². The van der Waals surface area contributed by atoms with Crippen LogP contribution in [0.2, 0.25) is 0 Å². The predicted molar refractivity (Wildman–Crippen MR) is 132 cm³/mol. The van der Waals surface area contributed by atoms with Crippen molar-refractivity contribution in [3.8, 4) is 33.8 Å². The largest absolute Gasteiger partial charge is 0.496 e. The summed E-state index contributed by atoms with van der Waals surface area (Å²) in [5.74, 6) is 0.327. The third-order valence-corrected chi connectivity index (χ3v) is 6.02. The molecular weight excluding hydrogens is 446 g/mol. The Hall–Kier alpha value is -4.17. The van der Waals surface area contributed by atoms with Crippen molar-refractivity contribution in [3.05, 3.63) is 66.5 Å². The number of morpholine rings is 1. The molecule has 5 rings (SSSR count). The molecule has 2 aromatic heterocycles. The maximum Gasteiger partial charge on any atom is 0.308 e. The Labute approximate surface area is 202 Å². The second-order valence-electron chi connectivity index (χ2n) is 8.23. The van der Waals surface area contributed by atoms with Crippen LogP contribution in [0.3, 0.4) is 0 Å². The normalized spacial score (nSPS) is 13.6. The Morgan fingerprint density at radius 2 is 1.80 bits per heavy atom. The van der Waals surface area contributed by atoms with Gasteiger partial charge in [0.25, 0.3) is 5.91 Å². The van der Waals surface area contributed by atoms with Crippen LogP contribution in [0.4, 0.5) is 0 Å². The van der Waals surface area contributed by atoms with E-state index < -0.39 is 5.97 Å². The monoisotopic (exact) mass is 471 g/mol. The van der Waals surface area contributed by atoms with Crippen LogP contribution < -0.4 is 9.47 Å². The first-order valence-electron chi connectivity index (χ1n) is 11.4. The molecular formula is C27H25N3O5. The zero-order valence-corrected chi connectivity index (χ0v) is 19.5. The Balaban J connectivity index is 1.58. The number of nitrogens with zero attached hydrogens (tertiary/aromatic N) is 2. The summed E-state index contributed by atoms with van der Waals surface area (Å²) in [5.41, 5.74) is 4.62. The van der Waals surface area contributed by atoms with E-state index in [4.69, 9.17) is 14.2 Å². The van der Waals surface area contributed by atoms with Crippen LogP contribution in [0.1, 0.15) is 17.3 Å². The minimum Gasteiger partial charge on any atom is -0.496 e. The number of hydrogen-bond acceptors (Lipinski definition) is 6. The van der Waals surface area contributed by atoms with Gasteiger partial charge in [-0.2, -0.15) is 0 Å². The molecule has 35 heavy (non-hydrogen) atoms. The Bertz CT molecular complexity index is 1410. The second-order valence-corrected chi connectivity index (χ2v) is 8.23. The van der Waals surface area contributed by atoms with Gasteiger partial charge in [-0.15, -0.1) is 0 Å². The number of esters is 1. The number of rotatable bonds is 5. The molecule has 0 unspecified atom stereocenters. The van der Waals surface area contributed by atoms with E-state index in [0.717, 1.165) is 39.0 Å². The third kappa shape index (κ3) is 4.48. The number of fused-ring (bicyclic) bond motifs is 1. The highest BCUT2D eigenvalue weighted by molar-refractivity contribution is 6.00. The number of carbonyl (C=O) groups is 2.